The van der Waals surface area contributed by atoms with Gasteiger partial charge in [-0.2, -0.15) is 0 Å². The van der Waals surface area contributed by atoms with Gasteiger partial charge in [-0.1, -0.05) is 99.7 Å². The monoisotopic (exact) mass is 618 g/mol. The van der Waals surface area contributed by atoms with Crippen molar-refractivity contribution in [3.05, 3.63) is 95.1 Å². The lowest BCUT2D eigenvalue weighted by Crippen LogP contribution is -2.25. The van der Waals surface area contributed by atoms with Crippen molar-refractivity contribution in [2.45, 2.75) is 116 Å². The molecule has 0 nitrogen and oxygen atoms in total. The van der Waals surface area contributed by atoms with Crippen molar-refractivity contribution in [2.24, 2.45) is 17.8 Å². The van der Waals surface area contributed by atoms with Crippen molar-refractivity contribution in [3.8, 4) is 22.3 Å². The first-order chi connectivity index (χ1) is 21.9. The van der Waals surface area contributed by atoms with Crippen LogP contribution in [-0.2, 0) is 6.42 Å². The lowest BCUT2D eigenvalue weighted by atomic mass is 9.68. The van der Waals surface area contributed by atoms with E-state index in [2.05, 4.69) is 26.0 Å². The van der Waals surface area contributed by atoms with Gasteiger partial charge in [-0.25, -0.2) is 17.6 Å². The number of rotatable bonds is 12. The first-order valence-electron chi connectivity index (χ1n) is 17.6. The van der Waals surface area contributed by atoms with E-state index in [-0.39, 0.29) is 17.0 Å². The van der Waals surface area contributed by atoms with Crippen LogP contribution in [0.15, 0.2) is 60.7 Å². The molecule has 0 heterocycles. The number of unbranched alkanes of at least 4 members (excludes halogenated alkanes) is 3. The molecule has 0 spiro atoms. The molecule has 2 fully saturated rings. The molecule has 0 radical (unpaired) electrons. The van der Waals surface area contributed by atoms with Crippen LogP contribution in [0.2, 0.25) is 0 Å². The van der Waals surface area contributed by atoms with E-state index in [0.717, 1.165) is 63.2 Å². The highest BCUT2D eigenvalue weighted by atomic mass is 19.2. The maximum atomic E-state index is 15.5. The third-order valence-corrected chi connectivity index (χ3v) is 10.8. The fourth-order valence-corrected chi connectivity index (χ4v) is 8.03. The molecule has 0 amide bonds. The smallest absolute Gasteiger partial charge is 0.166 e. The Hall–Kier alpha value is -2.88. The zero-order valence-corrected chi connectivity index (χ0v) is 27.2. The average Bonchev–Trinajstić information content (AvgIpc) is 3.07. The fraction of sp³-hybridized carbons (Fsp3) is 0.512. The largest absolute Gasteiger partial charge is 0.203 e. The first kappa shape index (κ1) is 33.5. The van der Waals surface area contributed by atoms with Crippen LogP contribution in [0.5, 0.6) is 0 Å². The summed E-state index contributed by atoms with van der Waals surface area (Å²) in [5.74, 6) is -0.822. The number of benzene rings is 3. The van der Waals surface area contributed by atoms with Gasteiger partial charge in [0.2, 0.25) is 0 Å². The molecule has 0 aliphatic heterocycles. The minimum absolute atomic E-state index is 0.0526. The molecular weight excluding hydrogens is 568 g/mol. The number of hydrogen-bond donors (Lipinski definition) is 0. The Labute approximate surface area is 268 Å². The van der Waals surface area contributed by atoms with Gasteiger partial charge in [-0.15, -0.1) is 0 Å². The van der Waals surface area contributed by atoms with E-state index in [9.17, 15) is 8.78 Å². The second kappa shape index (κ2) is 16.1. The molecule has 5 rings (SSSR count). The highest BCUT2D eigenvalue weighted by Gasteiger charge is 2.32. The summed E-state index contributed by atoms with van der Waals surface area (Å²) < 4.78 is 60.8. The summed E-state index contributed by atoms with van der Waals surface area (Å²) in [6.07, 6.45) is 20.8. The van der Waals surface area contributed by atoms with Gasteiger partial charge in [0.15, 0.2) is 23.3 Å². The van der Waals surface area contributed by atoms with Gasteiger partial charge in [0.05, 0.1) is 0 Å². The quantitative estimate of drug-likeness (QED) is 0.108. The molecule has 45 heavy (non-hydrogen) atoms. The molecule has 242 valence electrons. The van der Waals surface area contributed by atoms with Crippen LogP contribution in [0.3, 0.4) is 0 Å². The van der Waals surface area contributed by atoms with Crippen LogP contribution >= 0.6 is 0 Å². The van der Waals surface area contributed by atoms with Crippen molar-refractivity contribution >= 4 is 0 Å². The number of halogens is 4. The molecule has 0 atom stereocenters. The van der Waals surface area contributed by atoms with E-state index in [1.165, 1.54) is 38.5 Å². The normalized spacial score (nSPS) is 22.3. The van der Waals surface area contributed by atoms with Crippen LogP contribution in [0.1, 0.15) is 121 Å². The van der Waals surface area contributed by atoms with Crippen LogP contribution < -0.4 is 0 Å². The van der Waals surface area contributed by atoms with E-state index in [1.807, 2.05) is 0 Å². The van der Waals surface area contributed by atoms with Gasteiger partial charge in [0, 0.05) is 11.1 Å². The van der Waals surface area contributed by atoms with Crippen molar-refractivity contribution in [1.82, 2.24) is 0 Å². The Balaban J connectivity index is 1.19. The summed E-state index contributed by atoms with van der Waals surface area (Å²) in [7, 11) is 0. The molecule has 3 aromatic rings. The molecule has 0 unspecified atom stereocenters. The third kappa shape index (κ3) is 8.10. The van der Waals surface area contributed by atoms with Crippen molar-refractivity contribution in [2.75, 3.05) is 0 Å². The number of hydrogen-bond acceptors (Lipinski definition) is 0. The summed E-state index contributed by atoms with van der Waals surface area (Å²) in [4.78, 5) is 0. The van der Waals surface area contributed by atoms with Crippen LogP contribution in [-0.4, -0.2) is 0 Å². The third-order valence-electron chi connectivity index (χ3n) is 10.8. The molecule has 4 heteroatoms. The van der Waals surface area contributed by atoms with E-state index >= 15 is 8.78 Å². The minimum Gasteiger partial charge on any atom is -0.203 e. The Morgan fingerprint density at radius 3 is 1.80 bits per heavy atom. The van der Waals surface area contributed by atoms with Gasteiger partial charge in [-0.3, -0.25) is 0 Å². The maximum absolute atomic E-state index is 15.5. The first-order valence-corrected chi connectivity index (χ1v) is 17.6. The lowest BCUT2D eigenvalue weighted by molar-refractivity contribution is 0.156. The molecule has 2 aliphatic carbocycles. The summed E-state index contributed by atoms with van der Waals surface area (Å²) in [5, 5.41) is 0. The molecule has 2 saturated carbocycles. The second-order valence-electron chi connectivity index (χ2n) is 13.7. The van der Waals surface area contributed by atoms with Gasteiger partial charge in [0.25, 0.3) is 0 Å². The highest BCUT2D eigenvalue weighted by Crippen LogP contribution is 2.45. The predicted molar refractivity (Wildman–Crippen MR) is 179 cm³/mol. The molecule has 0 bridgehead atoms. The zero-order valence-electron chi connectivity index (χ0n) is 27.2. The molecule has 2 aliphatic rings. The summed E-state index contributed by atoms with van der Waals surface area (Å²) in [6, 6.07) is 13.3. The van der Waals surface area contributed by atoms with E-state index in [1.54, 1.807) is 48.5 Å². The minimum atomic E-state index is -0.861. The molecule has 0 saturated heterocycles. The van der Waals surface area contributed by atoms with Crippen molar-refractivity contribution < 1.29 is 17.6 Å². The summed E-state index contributed by atoms with van der Waals surface area (Å²) in [6.45, 7) is 4.20. The van der Waals surface area contributed by atoms with E-state index in [0.29, 0.717) is 34.6 Å². The van der Waals surface area contributed by atoms with Gasteiger partial charge in [0.1, 0.15) is 0 Å². The van der Waals surface area contributed by atoms with Gasteiger partial charge in [-0.05, 0) is 117 Å². The SMILES string of the molecule is C/C=C/CCC1CCC(C2CCC(c3ccc(-c4ccc(-c5ccc(CCCCCC)c(F)c5F)cc4)c(F)c3F)CC2)CC1. The Kier molecular flexibility index (Phi) is 12.0. The molecule has 3 aromatic carbocycles. The van der Waals surface area contributed by atoms with Gasteiger partial charge >= 0.3 is 0 Å². The zero-order chi connectivity index (χ0) is 31.8. The topological polar surface area (TPSA) is 0 Å². The molecule has 0 aromatic heterocycles. The summed E-state index contributed by atoms with van der Waals surface area (Å²) >= 11 is 0. The highest BCUT2D eigenvalue weighted by molar-refractivity contribution is 5.71. The molecule has 0 N–H and O–H groups in total. The number of allylic oxidation sites excluding steroid dienone is 2. The fourth-order valence-electron chi connectivity index (χ4n) is 8.03. The second-order valence-corrected chi connectivity index (χ2v) is 13.7. The van der Waals surface area contributed by atoms with Gasteiger partial charge < -0.3 is 0 Å². The van der Waals surface area contributed by atoms with Crippen LogP contribution in [0.25, 0.3) is 22.3 Å². The number of aryl methyl sites for hydroxylation is 1. The van der Waals surface area contributed by atoms with Crippen LogP contribution in [0, 0.1) is 41.0 Å². The van der Waals surface area contributed by atoms with E-state index in [4.69, 9.17) is 0 Å². The molecular formula is C41H50F4. The van der Waals surface area contributed by atoms with E-state index < -0.39 is 23.3 Å². The lowest BCUT2D eigenvalue weighted by Gasteiger charge is -2.38. The Morgan fingerprint density at radius 2 is 1.20 bits per heavy atom. The Bertz CT molecular complexity index is 1410. The summed E-state index contributed by atoms with van der Waals surface area (Å²) in [5.41, 5.74) is 2.27. The predicted octanol–water partition coefficient (Wildman–Crippen LogP) is 13.1. The van der Waals surface area contributed by atoms with Crippen molar-refractivity contribution in [1.29, 1.82) is 0 Å². The Morgan fingerprint density at radius 1 is 0.622 bits per heavy atom. The average molecular weight is 619 g/mol. The standard InChI is InChI=1S/C41H50F4/c1-3-5-7-9-11-34-24-25-35(39(43)38(34)42)32-20-22-33(23-21-32)37-27-26-36(40(44)41(37)45)31-18-16-30(17-19-31)29-14-12-28(13-15-29)10-8-6-4-2/h4,6,20-31H,3,5,7-19H2,1-2H3/b6-4+. The van der Waals surface area contributed by atoms with Crippen LogP contribution in [0.4, 0.5) is 17.6 Å². The maximum Gasteiger partial charge on any atom is 0.166 e. The van der Waals surface area contributed by atoms with Crippen molar-refractivity contribution in [3.63, 3.8) is 0 Å².